The average Bonchev–Trinajstić information content (AvgIpc) is 3.87. The van der Waals surface area contributed by atoms with Crippen LogP contribution >= 0.6 is 0 Å². The van der Waals surface area contributed by atoms with Gasteiger partial charge in [0.2, 0.25) is 0 Å². The van der Waals surface area contributed by atoms with Crippen molar-refractivity contribution in [3.05, 3.63) is 205 Å². The zero-order chi connectivity index (χ0) is 41.3. The van der Waals surface area contributed by atoms with E-state index in [1.54, 1.807) is 0 Å². The van der Waals surface area contributed by atoms with Crippen LogP contribution in [0.15, 0.2) is 188 Å². The molecule has 0 amide bonds. The highest BCUT2D eigenvalue weighted by Crippen LogP contribution is 2.42. The lowest BCUT2D eigenvalue weighted by Crippen LogP contribution is -2.05. The molecule has 0 N–H and O–H groups in total. The molecule has 7 heteroatoms. The van der Waals surface area contributed by atoms with Crippen molar-refractivity contribution in [1.82, 2.24) is 24.1 Å². The first-order valence-corrected chi connectivity index (χ1v) is 20.4. The van der Waals surface area contributed by atoms with Crippen LogP contribution in [-0.2, 0) is 0 Å². The van der Waals surface area contributed by atoms with Crippen LogP contribution in [0.2, 0.25) is 0 Å². The number of aromatic nitrogens is 5. The second-order valence-electron chi connectivity index (χ2n) is 15.4. The molecule has 9 aromatic carbocycles. The van der Waals surface area contributed by atoms with E-state index in [2.05, 4.69) is 141 Å². The summed E-state index contributed by atoms with van der Waals surface area (Å²) >= 11 is 0. The van der Waals surface area contributed by atoms with Crippen molar-refractivity contribution >= 4 is 70.8 Å². The first-order chi connectivity index (χ1) is 30.7. The molecule has 3 aromatic heterocycles. The van der Waals surface area contributed by atoms with Gasteiger partial charge in [0, 0.05) is 38.2 Å². The third-order valence-electron chi connectivity index (χ3n) is 12.0. The standard InChI is InChI=1S/C55H31N7/c1-57-38-26-30-48(62-46-22-12-10-20-42(46)52-40-18-8-6-14-36(40)25-29-50(52)62)44(32-38)55-59-53(37-15-3-2-4-16-37)58-54(60-55)43-31-34(33-56)23-27-47(43)61-45-21-11-9-19-41(45)51-39-17-7-5-13-35(39)24-28-49(51)61/h2-32H. The molecular formula is C55H31N7. The Balaban J connectivity index is 1.17. The molecule has 7 nitrogen and oxygen atoms in total. The fourth-order valence-corrected chi connectivity index (χ4v) is 9.28. The second-order valence-corrected chi connectivity index (χ2v) is 15.4. The van der Waals surface area contributed by atoms with Gasteiger partial charge in [-0.15, -0.1) is 0 Å². The topological polar surface area (TPSA) is 76.7 Å². The lowest BCUT2D eigenvalue weighted by Gasteiger charge is -2.17. The Labute approximate surface area is 355 Å². The van der Waals surface area contributed by atoms with Crippen LogP contribution < -0.4 is 0 Å². The molecule has 12 aromatic rings. The number of fused-ring (bicyclic) bond motifs is 10. The fraction of sp³-hybridized carbons (Fsp3) is 0. The molecule has 0 radical (unpaired) electrons. The lowest BCUT2D eigenvalue weighted by molar-refractivity contribution is 1.06. The third-order valence-corrected chi connectivity index (χ3v) is 12.0. The SMILES string of the molecule is [C-]#[N+]c1ccc(-n2c3ccccc3c3c4ccccc4ccc32)c(-c2nc(-c3ccccc3)nc(-c3cc(C#N)ccc3-n3c4ccccc4c4c5ccccc5ccc43)n2)c1. The van der Waals surface area contributed by atoms with Crippen LogP contribution in [0.1, 0.15) is 5.56 Å². The van der Waals surface area contributed by atoms with E-state index < -0.39 is 0 Å². The van der Waals surface area contributed by atoms with Gasteiger partial charge in [-0.05, 0) is 76.1 Å². The molecule has 62 heavy (non-hydrogen) atoms. The van der Waals surface area contributed by atoms with Crippen LogP contribution in [0, 0.1) is 17.9 Å². The molecule has 0 aliphatic carbocycles. The summed E-state index contributed by atoms with van der Waals surface area (Å²) in [4.78, 5) is 19.7. The highest BCUT2D eigenvalue weighted by molar-refractivity contribution is 6.22. The van der Waals surface area contributed by atoms with Gasteiger partial charge in [0.15, 0.2) is 23.2 Å². The molecule has 0 bridgehead atoms. The van der Waals surface area contributed by atoms with E-state index in [1.165, 1.54) is 0 Å². The number of para-hydroxylation sites is 2. The van der Waals surface area contributed by atoms with E-state index >= 15 is 0 Å². The fourth-order valence-electron chi connectivity index (χ4n) is 9.28. The van der Waals surface area contributed by atoms with E-state index in [0.29, 0.717) is 39.9 Å². The minimum absolute atomic E-state index is 0.403. The number of nitriles is 1. The molecule has 286 valence electrons. The van der Waals surface area contributed by atoms with Crippen molar-refractivity contribution in [1.29, 1.82) is 5.26 Å². The summed E-state index contributed by atoms with van der Waals surface area (Å²) in [6.45, 7) is 8.12. The highest BCUT2D eigenvalue weighted by atomic mass is 15.1. The minimum atomic E-state index is 0.403. The smallest absolute Gasteiger partial charge is 0.188 e. The van der Waals surface area contributed by atoms with E-state index in [0.717, 1.165) is 82.1 Å². The quantitative estimate of drug-likeness (QED) is 0.163. The zero-order valence-corrected chi connectivity index (χ0v) is 33.0. The summed E-state index contributed by atoms with van der Waals surface area (Å²) < 4.78 is 4.52. The number of hydrogen-bond acceptors (Lipinski definition) is 4. The van der Waals surface area contributed by atoms with Crippen molar-refractivity contribution in [3.8, 4) is 51.6 Å². The first-order valence-electron chi connectivity index (χ1n) is 20.4. The van der Waals surface area contributed by atoms with E-state index in [-0.39, 0.29) is 0 Å². The Morgan fingerprint density at radius 3 is 1.48 bits per heavy atom. The Kier molecular flexibility index (Phi) is 7.83. The maximum atomic E-state index is 10.4. The van der Waals surface area contributed by atoms with E-state index in [4.69, 9.17) is 21.5 Å². The predicted molar refractivity (Wildman–Crippen MR) is 251 cm³/mol. The monoisotopic (exact) mass is 789 g/mol. The highest BCUT2D eigenvalue weighted by Gasteiger charge is 2.24. The number of hydrogen-bond donors (Lipinski definition) is 0. The summed E-state index contributed by atoms with van der Waals surface area (Å²) in [7, 11) is 0. The van der Waals surface area contributed by atoms with Gasteiger partial charge >= 0.3 is 0 Å². The molecule has 0 aliphatic rings. The van der Waals surface area contributed by atoms with Crippen molar-refractivity contribution < 1.29 is 0 Å². The van der Waals surface area contributed by atoms with Crippen molar-refractivity contribution in [2.24, 2.45) is 0 Å². The molecule has 0 unspecified atom stereocenters. The second kappa shape index (κ2) is 13.8. The molecule has 0 saturated carbocycles. The van der Waals surface area contributed by atoms with Crippen LogP contribution in [0.25, 0.3) is 116 Å². The van der Waals surface area contributed by atoms with Gasteiger partial charge in [-0.25, -0.2) is 19.8 Å². The summed E-state index contributed by atoms with van der Waals surface area (Å²) in [6, 6.07) is 66.2. The normalized spacial score (nSPS) is 11.5. The maximum Gasteiger partial charge on any atom is 0.188 e. The third kappa shape index (κ3) is 5.33. The van der Waals surface area contributed by atoms with Crippen LogP contribution in [0.5, 0.6) is 0 Å². The Bertz CT molecular complexity index is 3670. The maximum absolute atomic E-state index is 10.4. The largest absolute Gasteiger partial charge is 0.309 e. The predicted octanol–water partition coefficient (Wildman–Crippen LogP) is 13.8. The molecule has 0 atom stereocenters. The van der Waals surface area contributed by atoms with Crippen LogP contribution in [0.3, 0.4) is 0 Å². The van der Waals surface area contributed by atoms with Gasteiger partial charge in [-0.3, -0.25) is 0 Å². The lowest BCUT2D eigenvalue weighted by atomic mass is 10.0. The molecule has 0 spiro atoms. The average molecular weight is 790 g/mol. The van der Waals surface area contributed by atoms with Crippen LogP contribution in [0.4, 0.5) is 5.69 Å². The minimum Gasteiger partial charge on any atom is -0.309 e. The molecule has 0 saturated heterocycles. The van der Waals surface area contributed by atoms with E-state index in [9.17, 15) is 5.26 Å². The van der Waals surface area contributed by atoms with Gasteiger partial charge in [-0.1, -0.05) is 133 Å². The number of rotatable bonds is 5. The van der Waals surface area contributed by atoms with Crippen molar-refractivity contribution in [2.45, 2.75) is 0 Å². The number of nitrogens with zero attached hydrogens (tertiary/aromatic N) is 7. The van der Waals surface area contributed by atoms with Gasteiger partial charge in [0.1, 0.15) is 0 Å². The Morgan fingerprint density at radius 1 is 0.435 bits per heavy atom. The van der Waals surface area contributed by atoms with Gasteiger partial charge < -0.3 is 9.13 Å². The van der Waals surface area contributed by atoms with Gasteiger partial charge in [0.25, 0.3) is 0 Å². The molecule has 0 aliphatic heterocycles. The molecular weight excluding hydrogens is 759 g/mol. The zero-order valence-electron chi connectivity index (χ0n) is 33.0. The summed E-state index contributed by atoms with van der Waals surface area (Å²) in [6.07, 6.45) is 0. The number of benzene rings is 9. The Hall–Kier alpha value is -8.91. The summed E-state index contributed by atoms with van der Waals surface area (Å²) in [5, 5.41) is 19.5. The van der Waals surface area contributed by atoms with Crippen LogP contribution in [-0.4, -0.2) is 24.1 Å². The summed E-state index contributed by atoms with van der Waals surface area (Å²) in [5.74, 6) is 1.28. The van der Waals surface area contributed by atoms with Crippen molar-refractivity contribution in [3.63, 3.8) is 0 Å². The molecule has 12 rings (SSSR count). The first kappa shape index (κ1) is 35.1. The van der Waals surface area contributed by atoms with Crippen molar-refractivity contribution in [2.75, 3.05) is 0 Å². The van der Waals surface area contributed by atoms with Gasteiger partial charge in [-0.2, -0.15) is 5.26 Å². The Morgan fingerprint density at radius 2 is 0.919 bits per heavy atom. The van der Waals surface area contributed by atoms with E-state index in [1.807, 2.05) is 66.7 Å². The van der Waals surface area contributed by atoms with Gasteiger partial charge in [0.05, 0.1) is 51.6 Å². The summed E-state index contributed by atoms with van der Waals surface area (Å²) in [5.41, 5.74) is 8.86. The molecule has 3 heterocycles. The molecule has 0 fully saturated rings.